The van der Waals surface area contributed by atoms with Crippen LogP contribution < -0.4 is 9.80 Å². The van der Waals surface area contributed by atoms with Gasteiger partial charge in [0.15, 0.2) is 0 Å². The van der Waals surface area contributed by atoms with Gasteiger partial charge in [-0.2, -0.15) is 0 Å². The minimum Gasteiger partial charge on any atom is -0.334 e. The van der Waals surface area contributed by atoms with Crippen molar-refractivity contribution in [1.82, 2.24) is 0 Å². The molecule has 2 heteroatoms. The van der Waals surface area contributed by atoms with Crippen molar-refractivity contribution in [2.24, 2.45) is 0 Å². The number of hydrogen-bond acceptors (Lipinski definition) is 2. The molecular formula is C48H42N2. The molecule has 50 heavy (non-hydrogen) atoms. The van der Waals surface area contributed by atoms with Gasteiger partial charge in [-0.05, 0) is 105 Å². The number of anilines is 3. The molecule has 0 fully saturated rings. The summed E-state index contributed by atoms with van der Waals surface area (Å²) in [6, 6.07) is 41.5. The molecule has 0 bridgehead atoms. The zero-order chi connectivity index (χ0) is 33.8. The summed E-state index contributed by atoms with van der Waals surface area (Å²) < 4.78 is 0. The summed E-state index contributed by atoms with van der Waals surface area (Å²) in [5.41, 5.74) is 18.5. The molecule has 10 rings (SSSR count). The Labute approximate surface area is 296 Å². The quantitative estimate of drug-likeness (QED) is 0.192. The van der Waals surface area contributed by atoms with E-state index >= 15 is 0 Å². The lowest BCUT2D eigenvalue weighted by Gasteiger charge is -2.35. The van der Waals surface area contributed by atoms with Crippen LogP contribution in [0.4, 0.5) is 17.1 Å². The van der Waals surface area contributed by atoms with E-state index in [1.54, 1.807) is 0 Å². The maximum absolute atomic E-state index is 2.56. The van der Waals surface area contributed by atoms with E-state index in [1.165, 1.54) is 78.5 Å². The van der Waals surface area contributed by atoms with Gasteiger partial charge in [0.25, 0.3) is 0 Å². The SMILES string of the molecule is CC1(C)c2ccccc2-c2ccc(N(C3=CC4c5ccccc5N(C5=CCCC=C5)C4C=C3)c3ccc4c(c3)C(C)(C)c3ccccc3-4)cc21. The van der Waals surface area contributed by atoms with E-state index in [1.807, 2.05) is 0 Å². The third-order valence-electron chi connectivity index (χ3n) is 12.2. The third kappa shape index (κ3) is 4.08. The molecule has 0 saturated carbocycles. The number of allylic oxidation sites excluding steroid dienone is 4. The van der Waals surface area contributed by atoms with Gasteiger partial charge in [-0.3, -0.25) is 0 Å². The first-order chi connectivity index (χ1) is 24.3. The van der Waals surface area contributed by atoms with E-state index in [-0.39, 0.29) is 22.8 Å². The van der Waals surface area contributed by atoms with Crippen molar-refractivity contribution in [3.63, 3.8) is 0 Å². The summed E-state index contributed by atoms with van der Waals surface area (Å²) in [4.78, 5) is 5.09. The Morgan fingerprint density at radius 1 is 0.600 bits per heavy atom. The Hall–Kier alpha value is -5.34. The highest BCUT2D eigenvalue weighted by Crippen LogP contribution is 2.54. The van der Waals surface area contributed by atoms with Gasteiger partial charge in [0.05, 0.1) is 6.04 Å². The number of benzene rings is 5. The second-order valence-electron chi connectivity index (χ2n) is 15.6. The second kappa shape index (κ2) is 10.6. The minimum atomic E-state index is -0.0802. The Morgan fingerprint density at radius 3 is 1.80 bits per heavy atom. The van der Waals surface area contributed by atoms with Crippen molar-refractivity contribution in [1.29, 1.82) is 0 Å². The van der Waals surface area contributed by atoms with Gasteiger partial charge >= 0.3 is 0 Å². The summed E-state index contributed by atoms with van der Waals surface area (Å²) in [5.74, 6) is 0.246. The maximum atomic E-state index is 2.56. The van der Waals surface area contributed by atoms with Crippen molar-refractivity contribution in [3.8, 4) is 22.3 Å². The predicted molar refractivity (Wildman–Crippen MR) is 209 cm³/mol. The Bertz CT molecular complexity index is 2250. The molecule has 0 radical (unpaired) electrons. The van der Waals surface area contributed by atoms with Gasteiger partial charge < -0.3 is 9.80 Å². The van der Waals surface area contributed by atoms with E-state index in [0.717, 1.165) is 12.8 Å². The van der Waals surface area contributed by atoms with Gasteiger partial charge in [0.2, 0.25) is 0 Å². The molecule has 0 N–H and O–H groups in total. The number of para-hydroxylation sites is 1. The lowest BCUT2D eigenvalue weighted by molar-refractivity contribution is 0.659. The highest BCUT2D eigenvalue weighted by Gasteiger charge is 2.41. The van der Waals surface area contributed by atoms with Crippen LogP contribution in [0.1, 0.15) is 74.3 Å². The molecule has 0 saturated heterocycles. The monoisotopic (exact) mass is 646 g/mol. The highest BCUT2D eigenvalue weighted by molar-refractivity contribution is 5.87. The van der Waals surface area contributed by atoms with Gasteiger partial charge in [-0.15, -0.1) is 0 Å². The number of rotatable bonds is 4. The maximum Gasteiger partial charge on any atom is 0.0630 e. The van der Waals surface area contributed by atoms with Crippen molar-refractivity contribution in [3.05, 3.63) is 185 Å². The number of hydrogen-bond donors (Lipinski definition) is 0. The second-order valence-corrected chi connectivity index (χ2v) is 15.6. The molecule has 2 unspecified atom stereocenters. The normalized spacial score (nSPS) is 21.0. The fraction of sp³-hybridized carbons (Fsp3) is 0.208. The summed E-state index contributed by atoms with van der Waals surface area (Å²) in [6.07, 6.45) is 16.6. The van der Waals surface area contributed by atoms with E-state index < -0.39 is 0 Å². The average Bonchev–Trinajstić information content (AvgIpc) is 3.69. The van der Waals surface area contributed by atoms with Gasteiger partial charge in [-0.25, -0.2) is 0 Å². The van der Waals surface area contributed by atoms with Crippen LogP contribution in [0.15, 0.2) is 157 Å². The first-order valence-electron chi connectivity index (χ1n) is 18.3. The smallest absolute Gasteiger partial charge is 0.0630 e. The van der Waals surface area contributed by atoms with Crippen LogP contribution in [0.2, 0.25) is 0 Å². The van der Waals surface area contributed by atoms with Crippen LogP contribution in [-0.2, 0) is 10.8 Å². The molecule has 2 atom stereocenters. The van der Waals surface area contributed by atoms with Crippen molar-refractivity contribution < 1.29 is 0 Å². The van der Waals surface area contributed by atoms with E-state index in [9.17, 15) is 0 Å². The number of fused-ring (bicyclic) bond motifs is 9. The Kier molecular flexibility index (Phi) is 6.26. The average molecular weight is 647 g/mol. The topological polar surface area (TPSA) is 6.48 Å². The molecule has 0 spiro atoms. The standard InChI is InChI=1S/C48H42N2/c1-47(2)41-19-11-8-16-35(41)37-25-22-33(29-43(37)47)49(34-23-26-38-36-17-9-12-20-42(36)48(3,4)44(38)30-34)32-24-27-46-40(28-32)39-18-10-13-21-45(39)50(46)31-14-6-5-7-15-31/h6,8-30,40,46H,5,7H2,1-4H3. The zero-order valence-electron chi connectivity index (χ0n) is 29.3. The molecule has 0 amide bonds. The zero-order valence-corrected chi connectivity index (χ0v) is 29.3. The molecule has 244 valence electrons. The van der Waals surface area contributed by atoms with E-state index in [2.05, 4.69) is 183 Å². The summed E-state index contributed by atoms with van der Waals surface area (Å²) in [6.45, 7) is 9.51. The van der Waals surface area contributed by atoms with Gasteiger partial charge in [-0.1, -0.05) is 131 Å². The van der Waals surface area contributed by atoms with Gasteiger partial charge in [0, 0.05) is 45.2 Å². The molecular weight excluding hydrogens is 605 g/mol. The van der Waals surface area contributed by atoms with E-state index in [0.29, 0.717) is 0 Å². The molecule has 1 aliphatic heterocycles. The summed E-state index contributed by atoms with van der Waals surface area (Å²) in [7, 11) is 0. The van der Waals surface area contributed by atoms with Crippen LogP contribution in [0.5, 0.6) is 0 Å². The van der Waals surface area contributed by atoms with E-state index in [4.69, 9.17) is 0 Å². The first-order valence-corrected chi connectivity index (χ1v) is 18.3. The van der Waals surface area contributed by atoms with Gasteiger partial charge in [0.1, 0.15) is 0 Å². The van der Waals surface area contributed by atoms with Crippen LogP contribution in [-0.4, -0.2) is 6.04 Å². The summed E-state index contributed by atoms with van der Waals surface area (Å²) >= 11 is 0. The lowest BCUT2D eigenvalue weighted by Crippen LogP contribution is -2.33. The van der Waals surface area contributed by atoms with Crippen molar-refractivity contribution in [2.45, 2.75) is 63.3 Å². The van der Waals surface area contributed by atoms with Crippen LogP contribution >= 0.6 is 0 Å². The highest BCUT2D eigenvalue weighted by atomic mass is 15.2. The van der Waals surface area contributed by atoms with Crippen molar-refractivity contribution >= 4 is 17.1 Å². The Morgan fingerprint density at radius 2 is 1.18 bits per heavy atom. The van der Waals surface area contributed by atoms with Crippen molar-refractivity contribution in [2.75, 3.05) is 9.80 Å². The third-order valence-corrected chi connectivity index (χ3v) is 12.2. The predicted octanol–water partition coefficient (Wildman–Crippen LogP) is 12.1. The molecule has 5 aromatic rings. The molecule has 4 aliphatic carbocycles. The van der Waals surface area contributed by atoms with Crippen LogP contribution in [0, 0.1) is 0 Å². The fourth-order valence-corrected chi connectivity index (χ4v) is 9.67. The molecule has 0 aromatic heterocycles. The summed E-state index contributed by atoms with van der Waals surface area (Å²) in [5, 5.41) is 0. The molecule has 5 aliphatic rings. The van der Waals surface area contributed by atoms with Crippen LogP contribution in [0.25, 0.3) is 22.3 Å². The largest absolute Gasteiger partial charge is 0.334 e. The first kappa shape index (κ1) is 29.6. The minimum absolute atomic E-state index is 0.0802. The fourth-order valence-electron chi connectivity index (χ4n) is 9.67. The lowest BCUT2D eigenvalue weighted by atomic mass is 9.82. The molecule has 5 aromatic carbocycles. The molecule has 2 nitrogen and oxygen atoms in total. The Balaban J connectivity index is 1.14. The van der Waals surface area contributed by atoms with Crippen LogP contribution in [0.3, 0.4) is 0 Å². The number of nitrogens with zero attached hydrogens (tertiary/aromatic N) is 2. The molecule has 1 heterocycles.